The van der Waals surface area contributed by atoms with Crippen molar-refractivity contribution in [2.45, 2.75) is 43.9 Å². The van der Waals surface area contributed by atoms with Crippen LogP contribution < -0.4 is 5.32 Å². The Morgan fingerprint density at radius 2 is 2.18 bits per heavy atom. The number of pyridine rings is 1. The fourth-order valence-corrected chi connectivity index (χ4v) is 4.17. The molecule has 0 aliphatic heterocycles. The van der Waals surface area contributed by atoms with Crippen molar-refractivity contribution in [1.82, 2.24) is 9.88 Å². The van der Waals surface area contributed by atoms with E-state index in [2.05, 4.69) is 10.3 Å². The molecule has 5 nitrogen and oxygen atoms in total. The minimum Gasteiger partial charge on any atom is -0.367 e. The highest BCUT2D eigenvalue weighted by Crippen LogP contribution is 2.25. The highest BCUT2D eigenvalue weighted by atomic mass is 32.2. The number of carbonyl (C=O) groups excluding carboxylic acids is 1. The topological polar surface area (TPSA) is 62.3 Å². The zero-order chi connectivity index (χ0) is 16.1. The van der Waals surface area contributed by atoms with E-state index in [9.17, 15) is 9.00 Å². The van der Waals surface area contributed by atoms with Gasteiger partial charge in [-0.1, -0.05) is 13.3 Å². The van der Waals surface area contributed by atoms with Crippen LogP contribution in [-0.4, -0.2) is 51.1 Å². The van der Waals surface area contributed by atoms with Crippen molar-refractivity contribution in [3.05, 3.63) is 23.9 Å². The quantitative estimate of drug-likeness (QED) is 0.903. The van der Waals surface area contributed by atoms with Crippen LogP contribution in [0.15, 0.2) is 18.3 Å². The van der Waals surface area contributed by atoms with E-state index in [-0.39, 0.29) is 5.91 Å². The molecule has 1 aromatic heterocycles. The minimum absolute atomic E-state index is 0.0462. The first-order valence-corrected chi connectivity index (χ1v) is 9.21. The van der Waals surface area contributed by atoms with Crippen LogP contribution in [0, 0.1) is 0 Å². The Morgan fingerprint density at radius 1 is 1.41 bits per heavy atom. The van der Waals surface area contributed by atoms with Gasteiger partial charge in [0.25, 0.3) is 5.91 Å². The molecule has 0 radical (unpaired) electrons. The van der Waals surface area contributed by atoms with Gasteiger partial charge in [0, 0.05) is 48.1 Å². The molecule has 3 atom stereocenters. The second-order valence-corrected chi connectivity index (χ2v) is 7.94. The second kappa shape index (κ2) is 7.72. The van der Waals surface area contributed by atoms with Gasteiger partial charge in [-0.25, -0.2) is 4.98 Å². The summed E-state index contributed by atoms with van der Waals surface area (Å²) >= 11 is 0. The molecule has 3 unspecified atom stereocenters. The van der Waals surface area contributed by atoms with Crippen molar-refractivity contribution in [2.24, 2.45) is 0 Å². The number of nitrogens with one attached hydrogen (secondary N) is 1. The van der Waals surface area contributed by atoms with Crippen molar-refractivity contribution in [3.8, 4) is 0 Å². The fraction of sp³-hybridized carbons (Fsp3) is 0.625. The first-order valence-electron chi connectivity index (χ1n) is 7.82. The molecular formula is C16H25N3O2S. The Morgan fingerprint density at radius 3 is 2.77 bits per heavy atom. The molecule has 2 rings (SSSR count). The van der Waals surface area contributed by atoms with Crippen LogP contribution in [0.3, 0.4) is 0 Å². The van der Waals surface area contributed by atoms with E-state index in [0.717, 1.165) is 37.3 Å². The summed E-state index contributed by atoms with van der Waals surface area (Å²) < 4.78 is 12.0. The highest BCUT2D eigenvalue weighted by Gasteiger charge is 2.25. The molecule has 1 saturated carbocycles. The SMILES string of the molecule is CCS(=O)C1CCCC(Nc2ccc(C(=O)N(C)C)cn2)C1. The Kier molecular flexibility index (Phi) is 5.94. The van der Waals surface area contributed by atoms with Gasteiger partial charge in [0.05, 0.1) is 5.56 Å². The standard InChI is InChI=1S/C16H25N3O2S/c1-4-22(21)14-7-5-6-13(10-14)18-15-9-8-12(11-17-15)16(20)19(2)3/h8-9,11,13-14H,4-7,10H2,1-3H3,(H,17,18). The van der Waals surface area contributed by atoms with Gasteiger partial charge in [0.1, 0.15) is 5.82 Å². The highest BCUT2D eigenvalue weighted by molar-refractivity contribution is 7.85. The molecule has 22 heavy (non-hydrogen) atoms. The van der Waals surface area contributed by atoms with Gasteiger partial charge in [0.15, 0.2) is 0 Å². The predicted octanol–water partition coefficient (Wildman–Crippen LogP) is 2.28. The third kappa shape index (κ3) is 4.29. The lowest BCUT2D eigenvalue weighted by atomic mass is 9.95. The van der Waals surface area contributed by atoms with Gasteiger partial charge < -0.3 is 10.2 Å². The van der Waals surface area contributed by atoms with E-state index in [4.69, 9.17) is 0 Å². The van der Waals surface area contributed by atoms with Gasteiger partial charge in [0.2, 0.25) is 0 Å². The maximum absolute atomic E-state index is 12.0. The number of hydrogen-bond donors (Lipinski definition) is 1. The summed E-state index contributed by atoms with van der Waals surface area (Å²) in [5.74, 6) is 1.47. The predicted molar refractivity (Wildman–Crippen MR) is 90.6 cm³/mol. The summed E-state index contributed by atoms with van der Waals surface area (Å²) in [4.78, 5) is 17.7. The van der Waals surface area contributed by atoms with Crippen molar-refractivity contribution < 1.29 is 9.00 Å². The first kappa shape index (κ1) is 16.9. The van der Waals surface area contributed by atoms with Crippen LogP contribution in [0.2, 0.25) is 0 Å². The molecule has 0 bridgehead atoms. The minimum atomic E-state index is -0.718. The molecule has 1 aliphatic rings. The third-order valence-corrected chi connectivity index (χ3v) is 5.79. The maximum Gasteiger partial charge on any atom is 0.254 e. The lowest BCUT2D eigenvalue weighted by molar-refractivity contribution is 0.0827. The van der Waals surface area contributed by atoms with Crippen molar-refractivity contribution in [1.29, 1.82) is 0 Å². The van der Waals surface area contributed by atoms with E-state index in [1.54, 1.807) is 26.4 Å². The molecule has 0 saturated heterocycles. The summed E-state index contributed by atoms with van der Waals surface area (Å²) in [6.45, 7) is 1.98. The molecular weight excluding hydrogens is 298 g/mol. The van der Waals surface area contributed by atoms with E-state index in [1.165, 1.54) is 4.90 Å². The molecule has 122 valence electrons. The Bertz CT molecular complexity index is 531. The number of rotatable bonds is 5. The first-order chi connectivity index (χ1) is 10.5. The van der Waals surface area contributed by atoms with Crippen LogP contribution in [0.5, 0.6) is 0 Å². The zero-order valence-corrected chi connectivity index (χ0v) is 14.4. The maximum atomic E-state index is 12.0. The van der Waals surface area contributed by atoms with Crippen molar-refractivity contribution >= 4 is 22.5 Å². The second-order valence-electron chi connectivity index (χ2n) is 5.93. The summed E-state index contributed by atoms with van der Waals surface area (Å²) in [6, 6.07) is 3.96. The monoisotopic (exact) mass is 323 g/mol. The largest absolute Gasteiger partial charge is 0.367 e. The number of aromatic nitrogens is 1. The molecule has 1 amide bonds. The van der Waals surface area contributed by atoms with Crippen molar-refractivity contribution in [3.63, 3.8) is 0 Å². The molecule has 1 N–H and O–H groups in total. The number of amides is 1. The third-order valence-electron chi connectivity index (χ3n) is 4.05. The van der Waals surface area contributed by atoms with E-state index >= 15 is 0 Å². The lowest BCUT2D eigenvalue weighted by Gasteiger charge is -2.29. The van der Waals surface area contributed by atoms with Crippen LogP contribution >= 0.6 is 0 Å². The van der Waals surface area contributed by atoms with Gasteiger partial charge in [-0.15, -0.1) is 0 Å². The molecule has 1 heterocycles. The summed E-state index contributed by atoms with van der Waals surface area (Å²) in [5.41, 5.74) is 0.587. The van der Waals surface area contributed by atoms with Crippen LogP contribution in [0.1, 0.15) is 43.0 Å². The zero-order valence-electron chi connectivity index (χ0n) is 13.5. The molecule has 1 aliphatic carbocycles. The van der Waals surface area contributed by atoms with Crippen LogP contribution in [0.4, 0.5) is 5.82 Å². The molecule has 0 spiro atoms. The lowest BCUT2D eigenvalue weighted by Crippen LogP contribution is -2.33. The summed E-state index contributed by atoms with van der Waals surface area (Å²) in [6.07, 6.45) is 5.78. The normalized spacial score (nSPS) is 22.9. The van der Waals surface area contributed by atoms with Crippen molar-refractivity contribution in [2.75, 3.05) is 25.2 Å². The number of hydrogen-bond acceptors (Lipinski definition) is 4. The number of nitrogens with zero attached hydrogens (tertiary/aromatic N) is 2. The van der Waals surface area contributed by atoms with Crippen LogP contribution in [0.25, 0.3) is 0 Å². The average molecular weight is 323 g/mol. The number of carbonyl (C=O) groups is 1. The van der Waals surface area contributed by atoms with Gasteiger partial charge >= 0.3 is 0 Å². The molecule has 6 heteroatoms. The Balaban J connectivity index is 1.96. The Labute approximate surface area is 135 Å². The van der Waals surface area contributed by atoms with E-state index in [1.807, 2.05) is 13.0 Å². The van der Waals surface area contributed by atoms with Gasteiger partial charge in [-0.05, 0) is 31.4 Å². The average Bonchev–Trinajstić information content (AvgIpc) is 2.54. The smallest absolute Gasteiger partial charge is 0.254 e. The Hall–Kier alpha value is -1.43. The van der Waals surface area contributed by atoms with Crippen LogP contribution in [-0.2, 0) is 10.8 Å². The van der Waals surface area contributed by atoms with Gasteiger partial charge in [-0.3, -0.25) is 9.00 Å². The summed E-state index contributed by atoms with van der Waals surface area (Å²) in [7, 11) is 2.74. The fourth-order valence-electron chi connectivity index (χ4n) is 2.82. The molecule has 0 aromatic carbocycles. The number of anilines is 1. The summed E-state index contributed by atoms with van der Waals surface area (Å²) in [5, 5.41) is 3.71. The van der Waals surface area contributed by atoms with E-state index < -0.39 is 10.8 Å². The molecule has 1 aromatic rings. The van der Waals surface area contributed by atoms with Gasteiger partial charge in [-0.2, -0.15) is 0 Å². The molecule has 1 fully saturated rings. The van der Waals surface area contributed by atoms with E-state index in [0.29, 0.717) is 16.9 Å².